The molecule has 1 aliphatic carbocycles. The number of rotatable bonds is 5. The molecule has 0 radical (unpaired) electrons. The third-order valence-electron chi connectivity index (χ3n) is 4.54. The second-order valence-electron chi connectivity index (χ2n) is 6.43. The molecule has 1 heterocycles. The first-order valence-corrected chi connectivity index (χ1v) is 8.62. The molecule has 0 atom stereocenters. The van der Waals surface area contributed by atoms with E-state index in [4.69, 9.17) is 5.73 Å². The lowest BCUT2D eigenvalue weighted by Crippen LogP contribution is -2.19. The van der Waals surface area contributed by atoms with Crippen molar-refractivity contribution in [1.29, 1.82) is 0 Å². The van der Waals surface area contributed by atoms with Gasteiger partial charge >= 0.3 is 0 Å². The normalized spacial score (nSPS) is 14.8. The second kappa shape index (κ2) is 6.99. The number of aryl methyl sites for hydroxylation is 1. The van der Waals surface area contributed by atoms with Gasteiger partial charge in [-0.3, -0.25) is 4.79 Å². The first-order chi connectivity index (χ1) is 11.6. The molecule has 5 nitrogen and oxygen atoms in total. The van der Waals surface area contributed by atoms with Crippen LogP contribution in [0.5, 0.6) is 0 Å². The Morgan fingerprint density at radius 2 is 1.88 bits per heavy atom. The van der Waals surface area contributed by atoms with Gasteiger partial charge in [0.2, 0.25) is 0 Å². The summed E-state index contributed by atoms with van der Waals surface area (Å²) in [6.07, 6.45) is 5.03. The monoisotopic (exact) mass is 324 g/mol. The number of Topliss-reactive ketones (excluding diaryl/α,β-unsaturated/α-hetero) is 1. The van der Waals surface area contributed by atoms with Crippen LogP contribution in [0.15, 0.2) is 24.3 Å². The number of nitrogens with two attached hydrogens (primary N) is 1. The Bertz CT molecular complexity index is 734. The highest BCUT2D eigenvalue weighted by Crippen LogP contribution is 2.29. The maximum Gasteiger partial charge on any atom is 0.183 e. The van der Waals surface area contributed by atoms with Crippen LogP contribution >= 0.6 is 0 Å². The molecule has 1 fully saturated rings. The molecule has 1 aromatic heterocycles. The highest BCUT2D eigenvalue weighted by Gasteiger charge is 2.21. The van der Waals surface area contributed by atoms with Gasteiger partial charge in [-0.1, -0.05) is 49.6 Å². The van der Waals surface area contributed by atoms with Gasteiger partial charge in [-0.25, -0.2) is 9.97 Å². The topological polar surface area (TPSA) is 80.9 Å². The molecular weight excluding hydrogens is 300 g/mol. The van der Waals surface area contributed by atoms with Gasteiger partial charge in [-0.15, -0.1) is 0 Å². The second-order valence-corrected chi connectivity index (χ2v) is 6.43. The minimum absolute atomic E-state index is 0.0577. The van der Waals surface area contributed by atoms with E-state index in [2.05, 4.69) is 15.3 Å². The first-order valence-electron chi connectivity index (χ1n) is 8.62. The van der Waals surface area contributed by atoms with Crippen LogP contribution in [-0.2, 0) is 0 Å². The van der Waals surface area contributed by atoms with Gasteiger partial charge in [-0.05, 0) is 19.8 Å². The summed E-state index contributed by atoms with van der Waals surface area (Å²) in [6.45, 7) is 3.85. The molecule has 1 aliphatic rings. The Balaban J connectivity index is 2.04. The lowest BCUT2D eigenvalue weighted by atomic mass is 10.1. The quantitative estimate of drug-likeness (QED) is 0.813. The summed E-state index contributed by atoms with van der Waals surface area (Å²) in [5.41, 5.74) is 8.95. The van der Waals surface area contributed by atoms with E-state index in [9.17, 15) is 4.79 Å². The average molecular weight is 324 g/mol. The predicted octanol–water partition coefficient (Wildman–Crippen LogP) is 3.98. The summed E-state index contributed by atoms with van der Waals surface area (Å²) in [5, 5.41) is 3.42. The number of carbonyl (C=O) groups excluding carboxylic acids is 1. The lowest BCUT2D eigenvalue weighted by Gasteiger charge is -2.17. The molecule has 5 heteroatoms. The number of benzene rings is 1. The van der Waals surface area contributed by atoms with Crippen molar-refractivity contribution < 1.29 is 4.79 Å². The first kappa shape index (κ1) is 16.4. The molecule has 1 aromatic carbocycles. The van der Waals surface area contributed by atoms with Gasteiger partial charge in [0, 0.05) is 18.0 Å². The molecule has 0 aliphatic heterocycles. The molecule has 24 heavy (non-hydrogen) atoms. The Kier molecular flexibility index (Phi) is 4.79. The van der Waals surface area contributed by atoms with E-state index in [1.165, 1.54) is 18.4 Å². The number of nitrogen functional groups attached to an aromatic ring is 1. The van der Waals surface area contributed by atoms with Crippen molar-refractivity contribution in [3.8, 4) is 11.4 Å². The van der Waals surface area contributed by atoms with Crippen LogP contribution in [0.25, 0.3) is 11.4 Å². The minimum Gasteiger partial charge on any atom is -0.394 e. The fourth-order valence-electron chi connectivity index (χ4n) is 3.05. The number of anilines is 2. The van der Waals surface area contributed by atoms with Crippen LogP contribution in [0.1, 0.15) is 55.1 Å². The minimum atomic E-state index is -0.0577. The van der Waals surface area contributed by atoms with Gasteiger partial charge in [0.1, 0.15) is 11.4 Å². The maximum absolute atomic E-state index is 12.3. The summed E-state index contributed by atoms with van der Waals surface area (Å²) < 4.78 is 0. The van der Waals surface area contributed by atoms with E-state index in [-0.39, 0.29) is 5.78 Å². The highest BCUT2D eigenvalue weighted by atomic mass is 16.1. The molecule has 2 aromatic rings. The molecule has 0 spiro atoms. The van der Waals surface area contributed by atoms with E-state index in [0.29, 0.717) is 35.5 Å². The molecule has 126 valence electrons. The largest absolute Gasteiger partial charge is 0.394 e. The number of nitrogens with zero attached hydrogens (tertiary/aromatic N) is 2. The van der Waals surface area contributed by atoms with Crippen molar-refractivity contribution in [3.05, 3.63) is 35.5 Å². The van der Waals surface area contributed by atoms with Crippen molar-refractivity contribution in [2.45, 2.75) is 52.0 Å². The van der Waals surface area contributed by atoms with Crippen LogP contribution in [0.2, 0.25) is 0 Å². The molecule has 0 saturated heterocycles. The van der Waals surface area contributed by atoms with Gasteiger partial charge in [0.15, 0.2) is 17.4 Å². The van der Waals surface area contributed by atoms with E-state index >= 15 is 0 Å². The third kappa shape index (κ3) is 3.40. The number of hydrogen-bond acceptors (Lipinski definition) is 5. The van der Waals surface area contributed by atoms with Crippen LogP contribution < -0.4 is 11.1 Å². The SMILES string of the molecule is CCC(=O)c1nc(-c2ccc(C)cc2)nc(NC2CCCC2)c1N. The predicted molar refractivity (Wildman–Crippen MR) is 97.1 cm³/mol. The van der Waals surface area contributed by atoms with E-state index in [1.807, 2.05) is 38.1 Å². The van der Waals surface area contributed by atoms with Gasteiger partial charge < -0.3 is 11.1 Å². The van der Waals surface area contributed by atoms with Crippen LogP contribution in [0.4, 0.5) is 11.5 Å². The number of hydrogen-bond donors (Lipinski definition) is 2. The van der Waals surface area contributed by atoms with Crippen molar-refractivity contribution >= 4 is 17.3 Å². The smallest absolute Gasteiger partial charge is 0.183 e. The number of ketones is 1. The summed E-state index contributed by atoms with van der Waals surface area (Å²) >= 11 is 0. The van der Waals surface area contributed by atoms with Crippen molar-refractivity contribution in [1.82, 2.24) is 9.97 Å². The Morgan fingerprint density at radius 1 is 1.21 bits per heavy atom. The fraction of sp³-hybridized carbons (Fsp3) is 0.421. The molecule has 3 N–H and O–H groups in total. The maximum atomic E-state index is 12.3. The van der Waals surface area contributed by atoms with Crippen LogP contribution in [0.3, 0.4) is 0 Å². The Labute approximate surface area is 142 Å². The van der Waals surface area contributed by atoms with Gasteiger partial charge in [-0.2, -0.15) is 0 Å². The van der Waals surface area contributed by atoms with E-state index < -0.39 is 0 Å². The van der Waals surface area contributed by atoms with Crippen LogP contribution in [0, 0.1) is 6.92 Å². The zero-order chi connectivity index (χ0) is 17.1. The van der Waals surface area contributed by atoms with E-state index in [1.54, 1.807) is 0 Å². The number of nitrogens with one attached hydrogen (secondary N) is 1. The highest BCUT2D eigenvalue weighted by molar-refractivity contribution is 6.01. The van der Waals surface area contributed by atoms with Crippen LogP contribution in [-0.4, -0.2) is 21.8 Å². The molecule has 3 rings (SSSR count). The van der Waals surface area contributed by atoms with E-state index in [0.717, 1.165) is 18.4 Å². The summed E-state index contributed by atoms with van der Waals surface area (Å²) in [4.78, 5) is 21.3. The van der Waals surface area contributed by atoms with Gasteiger partial charge in [0.25, 0.3) is 0 Å². The standard InChI is InChI=1S/C19H24N4O/c1-3-15(24)17-16(20)19(21-14-6-4-5-7-14)23-18(22-17)13-10-8-12(2)9-11-13/h8-11,14H,3-7,20H2,1-2H3,(H,21,22,23). The molecular formula is C19H24N4O. The summed E-state index contributed by atoms with van der Waals surface area (Å²) in [7, 11) is 0. The van der Waals surface area contributed by atoms with Crippen molar-refractivity contribution in [2.75, 3.05) is 11.1 Å². The molecule has 1 saturated carbocycles. The van der Waals surface area contributed by atoms with Crippen molar-refractivity contribution in [2.24, 2.45) is 0 Å². The molecule has 0 amide bonds. The van der Waals surface area contributed by atoms with Gasteiger partial charge in [0.05, 0.1) is 0 Å². The third-order valence-corrected chi connectivity index (χ3v) is 4.54. The summed E-state index contributed by atoms with van der Waals surface area (Å²) in [5.74, 6) is 1.07. The molecule has 0 bridgehead atoms. The summed E-state index contributed by atoms with van der Waals surface area (Å²) in [6, 6.07) is 8.35. The lowest BCUT2D eigenvalue weighted by molar-refractivity contribution is 0.0984. The Hall–Kier alpha value is -2.43. The number of carbonyl (C=O) groups is 1. The Morgan fingerprint density at radius 3 is 2.50 bits per heavy atom. The fourth-order valence-corrected chi connectivity index (χ4v) is 3.05. The average Bonchev–Trinajstić information content (AvgIpc) is 3.10. The zero-order valence-electron chi connectivity index (χ0n) is 14.3. The molecule has 0 unspecified atom stereocenters. The zero-order valence-corrected chi connectivity index (χ0v) is 14.3. The number of aromatic nitrogens is 2. The van der Waals surface area contributed by atoms with Crippen molar-refractivity contribution in [3.63, 3.8) is 0 Å².